The van der Waals surface area contributed by atoms with Crippen LogP contribution in [-0.4, -0.2) is 25.9 Å². The van der Waals surface area contributed by atoms with Gasteiger partial charge in [-0.3, -0.25) is 14.5 Å². The molecule has 2 aromatic carbocycles. The molecule has 1 heterocycles. The largest absolute Gasteiger partial charge is 0.494 e. The van der Waals surface area contributed by atoms with E-state index in [1.54, 1.807) is 36.4 Å². The summed E-state index contributed by atoms with van der Waals surface area (Å²) in [6, 6.07) is 13.7. The van der Waals surface area contributed by atoms with Crippen LogP contribution in [-0.2, 0) is 10.0 Å². The highest BCUT2D eigenvalue weighted by molar-refractivity contribution is 7.92. The zero-order valence-corrected chi connectivity index (χ0v) is 17.0. The molecule has 150 valence electrons. The predicted molar refractivity (Wildman–Crippen MR) is 112 cm³/mol. The van der Waals surface area contributed by atoms with Gasteiger partial charge in [0, 0.05) is 23.8 Å². The Morgan fingerprint density at radius 2 is 1.72 bits per heavy atom. The summed E-state index contributed by atoms with van der Waals surface area (Å²) in [5, 5.41) is 2.79. The molecule has 0 saturated carbocycles. The second-order valence-electron chi connectivity index (χ2n) is 5.89. The van der Waals surface area contributed by atoms with Crippen LogP contribution in [0.25, 0.3) is 0 Å². The third-order valence-corrected chi connectivity index (χ3v) is 5.56. The maximum absolute atomic E-state index is 12.7. The molecule has 3 aromatic rings. The van der Waals surface area contributed by atoms with E-state index < -0.39 is 15.9 Å². The van der Waals surface area contributed by atoms with Gasteiger partial charge in [0.2, 0.25) is 0 Å². The summed E-state index contributed by atoms with van der Waals surface area (Å²) in [5.74, 6) is 0.108. The molecule has 3 rings (SSSR count). The maximum Gasteiger partial charge on any atom is 0.261 e. The third kappa shape index (κ3) is 5.24. The van der Waals surface area contributed by atoms with Crippen molar-refractivity contribution in [1.29, 1.82) is 0 Å². The fourth-order valence-corrected chi connectivity index (χ4v) is 3.77. The molecule has 0 aliphatic heterocycles. The Morgan fingerprint density at radius 3 is 2.38 bits per heavy atom. The number of amides is 1. The Hall–Kier alpha value is -3.10. The van der Waals surface area contributed by atoms with Crippen molar-refractivity contribution in [2.75, 3.05) is 16.6 Å². The summed E-state index contributed by atoms with van der Waals surface area (Å²) < 4.78 is 33.3. The maximum atomic E-state index is 12.7. The van der Waals surface area contributed by atoms with Gasteiger partial charge in [0.1, 0.15) is 5.75 Å². The van der Waals surface area contributed by atoms with Crippen molar-refractivity contribution in [3.63, 3.8) is 0 Å². The molecule has 0 aliphatic carbocycles. The molecule has 0 radical (unpaired) electrons. The van der Waals surface area contributed by atoms with Crippen LogP contribution in [0.3, 0.4) is 0 Å². The number of hydrogen-bond acceptors (Lipinski definition) is 5. The number of anilines is 2. The summed E-state index contributed by atoms with van der Waals surface area (Å²) in [6.07, 6.45) is 3.05. The van der Waals surface area contributed by atoms with Crippen LogP contribution in [0.2, 0.25) is 5.02 Å². The number of halogens is 1. The number of nitrogens with one attached hydrogen (secondary N) is 2. The van der Waals surface area contributed by atoms with Gasteiger partial charge >= 0.3 is 0 Å². The summed E-state index contributed by atoms with van der Waals surface area (Å²) in [5.41, 5.74) is 0.922. The van der Waals surface area contributed by atoms with Gasteiger partial charge in [-0.2, -0.15) is 0 Å². The van der Waals surface area contributed by atoms with E-state index in [0.717, 1.165) is 0 Å². The van der Waals surface area contributed by atoms with Gasteiger partial charge in [-0.15, -0.1) is 0 Å². The molecule has 0 saturated heterocycles. The minimum Gasteiger partial charge on any atom is -0.494 e. The lowest BCUT2D eigenvalue weighted by atomic mass is 10.2. The first-order valence-electron chi connectivity index (χ1n) is 8.65. The van der Waals surface area contributed by atoms with Crippen molar-refractivity contribution in [2.45, 2.75) is 11.8 Å². The minimum atomic E-state index is -3.92. The van der Waals surface area contributed by atoms with Gasteiger partial charge in [-0.1, -0.05) is 11.6 Å². The van der Waals surface area contributed by atoms with E-state index in [0.29, 0.717) is 23.7 Å². The molecular weight excluding hydrogens is 414 g/mol. The molecule has 0 fully saturated rings. The van der Waals surface area contributed by atoms with Crippen LogP contribution in [0.4, 0.5) is 11.4 Å². The number of sulfonamides is 1. The molecule has 0 atom stereocenters. The number of ether oxygens (including phenoxy) is 1. The number of aromatic nitrogens is 1. The first kappa shape index (κ1) is 20.6. The van der Waals surface area contributed by atoms with Crippen molar-refractivity contribution in [2.24, 2.45) is 0 Å². The topological polar surface area (TPSA) is 97.4 Å². The van der Waals surface area contributed by atoms with Crippen LogP contribution in [0.1, 0.15) is 17.3 Å². The molecule has 1 aromatic heterocycles. The Labute approximate surface area is 173 Å². The van der Waals surface area contributed by atoms with Gasteiger partial charge in [0.05, 0.1) is 22.1 Å². The fraction of sp³-hybridized carbons (Fsp3) is 0.100. The second kappa shape index (κ2) is 8.93. The van der Waals surface area contributed by atoms with Gasteiger partial charge < -0.3 is 10.1 Å². The number of carbonyl (C=O) groups is 1. The highest BCUT2D eigenvalue weighted by atomic mass is 35.5. The third-order valence-electron chi connectivity index (χ3n) is 3.85. The minimum absolute atomic E-state index is 0.0399. The molecule has 0 aliphatic rings. The van der Waals surface area contributed by atoms with E-state index in [1.807, 2.05) is 6.92 Å². The summed E-state index contributed by atoms with van der Waals surface area (Å²) in [6.45, 7) is 2.37. The number of pyridine rings is 1. The molecule has 0 unspecified atom stereocenters. The van der Waals surface area contributed by atoms with Crippen LogP contribution in [0, 0.1) is 0 Å². The molecule has 29 heavy (non-hydrogen) atoms. The van der Waals surface area contributed by atoms with E-state index in [4.69, 9.17) is 16.3 Å². The highest BCUT2D eigenvalue weighted by Crippen LogP contribution is 2.24. The quantitative estimate of drug-likeness (QED) is 0.584. The monoisotopic (exact) mass is 431 g/mol. The van der Waals surface area contributed by atoms with Gasteiger partial charge in [0.25, 0.3) is 15.9 Å². The molecule has 9 heteroatoms. The first-order chi connectivity index (χ1) is 13.9. The number of benzene rings is 2. The number of rotatable bonds is 7. The highest BCUT2D eigenvalue weighted by Gasteiger charge is 2.19. The van der Waals surface area contributed by atoms with E-state index in [1.165, 1.54) is 30.6 Å². The zero-order valence-electron chi connectivity index (χ0n) is 15.4. The smallest absolute Gasteiger partial charge is 0.261 e. The molecular formula is C20H18ClN3O4S. The van der Waals surface area contributed by atoms with E-state index in [9.17, 15) is 13.2 Å². The summed E-state index contributed by atoms with van der Waals surface area (Å²) in [7, 11) is -3.92. The van der Waals surface area contributed by atoms with Crippen molar-refractivity contribution in [3.05, 3.63) is 77.6 Å². The lowest BCUT2D eigenvalue weighted by Crippen LogP contribution is -2.16. The second-order valence-corrected chi connectivity index (χ2v) is 7.98. The van der Waals surface area contributed by atoms with E-state index in [-0.39, 0.29) is 15.5 Å². The molecule has 2 N–H and O–H groups in total. The average Bonchev–Trinajstić information content (AvgIpc) is 2.70. The van der Waals surface area contributed by atoms with Gasteiger partial charge in [-0.05, 0) is 61.5 Å². The standard InChI is InChI=1S/C20H18ClN3O4S/c1-2-28-16-5-3-15(4-6-16)24-29(26,27)17-7-8-19(21)18(13-17)20(25)23-14-9-11-22-12-10-14/h3-13,24H,2H2,1H3,(H,22,23,25). The van der Waals surface area contributed by atoms with Crippen LogP contribution in [0.5, 0.6) is 5.75 Å². The summed E-state index contributed by atoms with van der Waals surface area (Å²) in [4.78, 5) is 16.3. The van der Waals surface area contributed by atoms with Gasteiger partial charge in [0.15, 0.2) is 0 Å². The van der Waals surface area contributed by atoms with Crippen molar-refractivity contribution in [3.8, 4) is 5.75 Å². The summed E-state index contributed by atoms with van der Waals surface area (Å²) >= 11 is 6.11. The van der Waals surface area contributed by atoms with Crippen LogP contribution in [0.15, 0.2) is 71.9 Å². The molecule has 7 nitrogen and oxygen atoms in total. The zero-order chi connectivity index (χ0) is 20.9. The van der Waals surface area contributed by atoms with Gasteiger partial charge in [-0.25, -0.2) is 8.42 Å². The average molecular weight is 432 g/mol. The van der Waals surface area contributed by atoms with Crippen molar-refractivity contribution < 1.29 is 17.9 Å². The SMILES string of the molecule is CCOc1ccc(NS(=O)(=O)c2ccc(Cl)c(C(=O)Nc3ccncc3)c2)cc1. The first-order valence-corrected chi connectivity index (χ1v) is 10.5. The molecule has 0 bridgehead atoms. The number of carbonyl (C=O) groups excluding carboxylic acids is 1. The van der Waals surface area contributed by atoms with Crippen LogP contribution < -0.4 is 14.8 Å². The number of nitrogens with zero attached hydrogens (tertiary/aromatic N) is 1. The lowest BCUT2D eigenvalue weighted by molar-refractivity contribution is 0.102. The van der Waals surface area contributed by atoms with Crippen molar-refractivity contribution >= 4 is 38.9 Å². The van der Waals surface area contributed by atoms with E-state index >= 15 is 0 Å². The van der Waals surface area contributed by atoms with Crippen LogP contribution >= 0.6 is 11.6 Å². The Morgan fingerprint density at radius 1 is 1.03 bits per heavy atom. The normalized spacial score (nSPS) is 11.0. The molecule has 1 amide bonds. The molecule has 0 spiro atoms. The fourth-order valence-electron chi connectivity index (χ4n) is 2.48. The predicted octanol–water partition coefficient (Wildman–Crippen LogP) is 4.19. The van der Waals surface area contributed by atoms with E-state index in [2.05, 4.69) is 15.0 Å². The number of hydrogen-bond donors (Lipinski definition) is 2. The lowest BCUT2D eigenvalue weighted by Gasteiger charge is -2.11. The Bertz CT molecular complexity index is 1100. The Kier molecular flexibility index (Phi) is 6.36. The Balaban J connectivity index is 1.82. The van der Waals surface area contributed by atoms with Crippen molar-refractivity contribution in [1.82, 2.24) is 4.98 Å².